The van der Waals surface area contributed by atoms with Crippen molar-refractivity contribution in [2.45, 2.75) is 25.9 Å². The molecule has 1 atom stereocenters. The van der Waals surface area contributed by atoms with Crippen molar-refractivity contribution >= 4 is 5.97 Å². The Balaban J connectivity index is 2.26. The fraction of sp³-hybridized carbons (Fsp3) is 0.615. The summed E-state index contributed by atoms with van der Waals surface area (Å²) in [6, 6.07) is 0. The van der Waals surface area contributed by atoms with Crippen LogP contribution in [0.5, 0.6) is 0 Å². The quantitative estimate of drug-likeness (QED) is 0.879. The van der Waals surface area contributed by atoms with Gasteiger partial charge in [-0.25, -0.2) is 14.8 Å². The molecule has 0 saturated carbocycles. The molecule has 0 aromatic carbocycles. The Bertz CT molecular complexity index is 464. The Morgan fingerprint density at radius 2 is 2.42 bits per heavy atom. The summed E-state index contributed by atoms with van der Waals surface area (Å²) < 4.78 is 5.65. The van der Waals surface area contributed by atoms with Crippen molar-refractivity contribution in [3.05, 3.63) is 23.3 Å². The topological polar surface area (TPSA) is 75.5 Å². The lowest BCUT2D eigenvalue weighted by molar-refractivity contribution is -0.0256. The normalized spacial score (nSPS) is 20.4. The van der Waals surface area contributed by atoms with Crippen LogP contribution in [0.4, 0.5) is 0 Å². The minimum Gasteiger partial charge on any atom is -0.478 e. The highest BCUT2D eigenvalue weighted by Crippen LogP contribution is 2.19. The van der Waals surface area contributed by atoms with E-state index in [1.54, 1.807) is 0 Å². The van der Waals surface area contributed by atoms with Crippen LogP contribution in [-0.2, 0) is 11.2 Å². The van der Waals surface area contributed by atoms with Crippen molar-refractivity contribution in [1.82, 2.24) is 14.9 Å². The standard InChI is InChI=1S/C13H19N3O3/c1-3-4-10-9(13(17)18)7-14-12(15-10)11-8-16(2)5-6-19-11/h7,11H,3-6,8H2,1-2H3,(H,17,18). The average Bonchev–Trinajstić information content (AvgIpc) is 2.39. The molecule has 0 amide bonds. The van der Waals surface area contributed by atoms with Gasteiger partial charge in [-0.05, 0) is 13.5 Å². The predicted octanol–water partition coefficient (Wildman–Crippen LogP) is 1.13. The van der Waals surface area contributed by atoms with Crippen LogP contribution < -0.4 is 0 Å². The molecule has 1 aliphatic heterocycles. The van der Waals surface area contributed by atoms with E-state index >= 15 is 0 Å². The van der Waals surface area contributed by atoms with Gasteiger partial charge in [0.05, 0.1) is 17.9 Å². The molecule has 0 aliphatic carbocycles. The van der Waals surface area contributed by atoms with E-state index in [9.17, 15) is 4.79 Å². The first-order valence-corrected chi connectivity index (χ1v) is 6.51. The van der Waals surface area contributed by atoms with Crippen LogP contribution in [0.15, 0.2) is 6.20 Å². The second-order valence-electron chi connectivity index (χ2n) is 4.77. The fourth-order valence-electron chi connectivity index (χ4n) is 2.13. The minimum absolute atomic E-state index is 0.169. The summed E-state index contributed by atoms with van der Waals surface area (Å²) in [6.45, 7) is 4.27. The number of hydrogen-bond acceptors (Lipinski definition) is 5. The molecule has 1 saturated heterocycles. The van der Waals surface area contributed by atoms with E-state index in [1.165, 1.54) is 6.20 Å². The van der Waals surface area contributed by atoms with E-state index < -0.39 is 5.97 Å². The number of aromatic carboxylic acids is 1. The van der Waals surface area contributed by atoms with Gasteiger partial charge in [0.1, 0.15) is 6.10 Å². The molecule has 0 bridgehead atoms. The number of nitrogens with zero attached hydrogens (tertiary/aromatic N) is 3. The maximum Gasteiger partial charge on any atom is 0.339 e. The summed E-state index contributed by atoms with van der Waals surface area (Å²) in [5.41, 5.74) is 0.784. The van der Waals surface area contributed by atoms with E-state index in [-0.39, 0.29) is 11.7 Å². The summed E-state index contributed by atoms with van der Waals surface area (Å²) in [5.74, 6) is -0.392. The molecule has 2 heterocycles. The molecular formula is C13H19N3O3. The van der Waals surface area contributed by atoms with Crippen LogP contribution >= 0.6 is 0 Å². The summed E-state index contributed by atoms with van der Waals surface area (Å²) in [4.78, 5) is 21.8. The van der Waals surface area contributed by atoms with Crippen molar-refractivity contribution in [3.8, 4) is 0 Å². The van der Waals surface area contributed by atoms with E-state index in [0.29, 0.717) is 24.5 Å². The van der Waals surface area contributed by atoms with Crippen LogP contribution in [-0.4, -0.2) is 52.7 Å². The molecule has 1 fully saturated rings. The summed E-state index contributed by atoms with van der Waals surface area (Å²) in [6.07, 6.45) is 2.72. The van der Waals surface area contributed by atoms with Crippen LogP contribution in [0.2, 0.25) is 0 Å². The minimum atomic E-state index is -0.975. The highest BCUT2D eigenvalue weighted by atomic mass is 16.5. The molecule has 2 rings (SSSR count). The first-order chi connectivity index (χ1) is 9.11. The summed E-state index contributed by atoms with van der Waals surface area (Å²) in [7, 11) is 2.02. The highest BCUT2D eigenvalue weighted by Gasteiger charge is 2.23. The van der Waals surface area contributed by atoms with E-state index in [1.807, 2.05) is 14.0 Å². The number of rotatable bonds is 4. The van der Waals surface area contributed by atoms with Gasteiger partial charge in [0, 0.05) is 19.3 Å². The number of carboxylic acids is 1. The summed E-state index contributed by atoms with van der Waals surface area (Å²) in [5, 5.41) is 9.12. The van der Waals surface area contributed by atoms with Crippen LogP contribution in [0.3, 0.4) is 0 Å². The average molecular weight is 265 g/mol. The Hall–Kier alpha value is -1.53. The van der Waals surface area contributed by atoms with Crippen molar-refractivity contribution in [2.24, 2.45) is 0 Å². The van der Waals surface area contributed by atoms with Crippen LogP contribution in [0.25, 0.3) is 0 Å². The number of carbonyl (C=O) groups is 1. The Kier molecular flexibility index (Phi) is 4.44. The van der Waals surface area contributed by atoms with Crippen molar-refractivity contribution < 1.29 is 14.6 Å². The first-order valence-electron chi connectivity index (χ1n) is 6.51. The molecule has 0 radical (unpaired) electrons. The first kappa shape index (κ1) is 13.9. The number of hydrogen-bond donors (Lipinski definition) is 1. The fourth-order valence-corrected chi connectivity index (χ4v) is 2.13. The number of aromatic nitrogens is 2. The lowest BCUT2D eigenvalue weighted by Crippen LogP contribution is -2.36. The Labute approximate surface area is 112 Å². The highest BCUT2D eigenvalue weighted by molar-refractivity contribution is 5.88. The molecule has 1 aromatic rings. The van der Waals surface area contributed by atoms with Gasteiger partial charge in [0.15, 0.2) is 5.82 Å². The molecule has 6 heteroatoms. The third kappa shape index (κ3) is 3.27. The number of likely N-dealkylation sites (N-methyl/N-ethyl adjacent to an activating group) is 1. The third-order valence-electron chi connectivity index (χ3n) is 3.16. The van der Waals surface area contributed by atoms with Gasteiger partial charge in [-0.1, -0.05) is 13.3 Å². The Morgan fingerprint density at radius 3 is 3.05 bits per heavy atom. The number of carboxylic acid groups (broad SMARTS) is 1. The molecule has 6 nitrogen and oxygen atoms in total. The maximum absolute atomic E-state index is 11.1. The van der Waals surface area contributed by atoms with Gasteiger partial charge >= 0.3 is 5.97 Å². The van der Waals surface area contributed by atoms with Crippen LogP contribution in [0, 0.1) is 0 Å². The van der Waals surface area contributed by atoms with Gasteiger partial charge in [0.2, 0.25) is 0 Å². The van der Waals surface area contributed by atoms with E-state index in [4.69, 9.17) is 9.84 Å². The monoisotopic (exact) mass is 265 g/mol. The maximum atomic E-state index is 11.1. The van der Waals surface area contributed by atoms with Gasteiger partial charge in [-0.2, -0.15) is 0 Å². The van der Waals surface area contributed by atoms with E-state index in [2.05, 4.69) is 14.9 Å². The zero-order valence-electron chi connectivity index (χ0n) is 11.3. The lowest BCUT2D eigenvalue weighted by atomic mass is 10.1. The molecule has 1 aromatic heterocycles. The molecule has 0 spiro atoms. The molecule has 104 valence electrons. The molecular weight excluding hydrogens is 246 g/mol. The second kappa shape index (κ2) is 6.08. The smallest absolute Gasteiger partial charge is 0.339 e. The van der Waals surface area contributed by atoms with Crippen molar-refractivity contribution in [3.63, 3.8) is 0 Å². The molecule has 19 heavy (non-hydrogen) atoms. The second-order valence-corrected chi connectivity index (χ2v) is 4.77. The SMILES string of the molecule is CCCc1nc(C2CN(C)CCO2)ncc1C(=O)O. The third-order valence-corrected chi connectivity index (χ3v) is 3.16. The largest absolute Gasteiger partial charge is 0.478 e. The van der Waals surface area contributed by atoms with Gasteiger partial charge in [-0.15, -0.1) is 0 Å². The van der Waals surface area contributed by atoms with Gasteiger partial charge in [-0.3, -0.25) is 0 Å². The number of aryl methyl sites for hydroxylation is 1. The number of ether oxygens (including phenoxy) is 1. The Morgan fingerprint density at radius 1 is 1.63 bits per heavy atom. The zero-order chi connectivity index (χ0) is 13.8. The van der Waals surface area contributed by atoms with E-state index in [0.717, 1.165) is 19.5 Å². The lowest BCUT2D eigenvalue weighted by Gasteiger charge is -2.29. The van der Waals surface area contributed by atoms with Crippen molar-refractivity contribution in [1.29, 1.82) is 0 Å². The van der Waals surface area contributed by atoms with Gasteiger partial charge in [0.25, 0.3) is 0 Å². The molecule has 1 N–H and O–H groups in total. The van der Waals surface area contributed by atoms with Crippen LogP contribution in [0.1, 0.15) is 41.3 Å². The predicted molar refractivity (Wildman–Crippen MR) is 69.2 cm³/mol. The van der Waals surface area contributed by atoms with Crippen molar-refractivity contribution in [2.75, 3.05) is 26.7 Å². The summed E-state index contributed by atoms with van der Waals surface area (Å²) >= 11 is 0. The number of morpholine rings is 1. The molecule has 1 unspecified atom stereocenters. The zero-order valence-corrected chi connectivity index (χ0v) is 11.3. The molecule has 1 aliphatic rings. The van der Waals surface area contributed by atoms with Gasteiger partial charge < -0.3 is 14.7 Å².